The highest BCUT2D eigenvalue weighted by molar-refractivity contribution is 14.1. The first-order valence-electron chi connectivity index (χ1n) is 4.97. The first-order valence-corrected chi connectivity index (χ1v) is 6.59. The molecule has 2 aromatic carbocycles. The molecule has 0 aliphatic rings. The number of para-hydroxylation sites is 1. The molecular weight excluding hydrogens is 353 g/mol. The van der Waals surface area contributed by atoms with Gasteiger partial charge < -0.3 is 4.74 Å². The van der Waals surface area contributed by atoms with Crippen LogP contribution in [0.5, 0.6) is 11.5 Å². The average molecular weight is 363 g/mol. The van der Waals surface area contributed by atoms with Crippen molar-refractivity contribution in [1.29, 1.82) is 0 Å². The van der Waals surface area contributed by atoms with E-state index in [-0.39, 0.29) is 5.75 Å². The molecule has 4 heteroatoms. The van der Waals surface area contributed by atoms with Gasteiger partial charge in [-0.05, 0) is 52.4 Å². The van der Waals surface area contributed by atoms with E-state index in [2.05, 4.69) is 22.6 Å². The zero-order chi connectivity index (χ0) is 12.3. The minimum Gasteiger partial charge on any atom is -0.453 e. The van der Waals surface area contributed by atoms with Crippen LogP contribution in [0.2, 0.25) is 0 Å². The van der Waals surface area contributed by atoms with Crippen molar-refractivity contribution in [2.24, 2.45) is 0 Å². The molecule has 0 atom stereocenters. The van der Waals surface area contributed by atoms with E-state index in [1.54, 1.807) is 18.2 Å². The SMILES string of the molecule is Fc1cc(CCl)ccc1Oc1ccccc1I. The van der Waals surface area contributed by atoms with Crippen LogP contribution in [0.25, 0.3) is 0 Å². The van der Waals surface area contributed by atoms with Gasteiger partial charge in [-0.1, -0.05) is 18.2 Å². The van der Waals surface area contributed by atoms with Crippen LogP contribution in [0.1, 0.15) is 5.56 Å². The molecule has 0 radical (unpaired) electrons. The number of hydrogen-bond acceptors (Lipinski definition) is 1. The van der Waals surface area contributed by atoms with Crippen LogP contribution in [-0.2, 0) is 5.88 Å². The Hall–Kier alpha value is -0.810. The number of benzene rings is 2. The third kappa shape index (κ3) is 3.10. The Kier molecular flexibility index (Phi) is 4.23. The van der Waals surface area contributed by atoms with Gasteiger partial charge in [0.25, 0.3) is 0 Å². The maximum atomic E-state index is 13.7. The molecule has 17 heavy (non-hydrogen) atoms. The van der Waals surface area contributed by atoms with Gasteiger partial charge in [0.1, 0.15) is 5.75 Å². The van der Waals surface area contributed by atoms with Gasteiger partial charge in [0, 0.05) is 5.88 Å². The quantitative estimate of drug-likeness (QED) is 0.554. The molecule has 0 unspecified atom stereocenters. The second kappa shape index (κ2) is 5.69. The summed E-state index contributed by atoms with van der Waals surface area (Å²) in [6.07, 6.45) is 0. The highest BCUT2D eigenvalue weighted by atomic mass is 127. The van der Waals surface area contributed by atoms with Crippen LogP contribution < -0.4 is 4.74 Å². The minimum absolute atomic E-state index is 0.211. The molecule has 0 heterocycles. The summed E-state index contributed by atoms with van der Waals surface area (Å²) >= 11 is 7.77. The van der Waals surface area contributed by atoms with Crippen molar-refractivity contribution in [3.8, 4) is 11.5 Å². The third-order valence-electron chi connectivity index (χ3n) is 2.21. The van der Waals surface area contributed by atoms with E-state index in [0.29, 0.717) is 11.6 Å². The van der Waals surface area contributed by atoms with Crippen molar-refractivity contribution in [2.45, 2.75) is 5.88 Å². The maximum absolute atomic E-state index is 13.7. The normalized spacial score (nSPS) is 10.3. The van der Waals surface area contributed by atoms with Crippen molar-refractivity contribution in [1.82, 2.24) is 0 Å². The van der Waals surface area contributed by atoms with Crippen LogP contribution in [-0.4, -0.2) is 0 Å². The summed E-state index contributed by atoms with van der Waals surface area (Å²) in [7, 11) is 0. The summed E-state index contributed by atoms with van der Waals surface area (Å²) in [5.74, 6) is 0.747. The first-order chi connectivity index (χ1) is 8.20. The predicted molar refractivity (Wildman–Crippen MR) is 75.2 cm³/mol. The molecule has 0 amide bonds. The zero-order valence-corrected chi connectivity index (χ0v) is 11.7. The van der Waals surface area contributed by atoms with Gasteiger partial charge in [0.15, 0.2) is 11.6 Å². The standard InChI is InChI=1S/C13H9ClFIO/c14-8-9-5-6-12(10(15)7-9)17-13-4-2-1-3-11(13)16/h1-7H,8H2. The molecule has 0 spiro atoms. The van der Waals surface area contributed by atoms with Crippen molar-refractivity contribution in [3.63, 3.8) is 0 Å². The Balaban J connectivity index is 2.28. The van der Waals surface area contributed by atoms with E-state index in [9.17, 15) is 4.39 Å². The Morgan fingerprint density at radius 1 is 1.12 bits per heavy atom. The molecule has 0 saturated carbocycles. The Morgan fingerprint density at radius 2 is 1.88 bits per heavy atom. The van der Waals surface area contributed by atoms with Gasteiger partial charge in [0.2, 0.25) is 0 Å². The van der Waals surface area contributed by atoms with Gasteiger partial charge in [-0.3, -0.25) is 0 Å². The van der Waals surface area contributed by atoms with Gasteiger partial charge >= 0.3 is 0 Å². The lowest BCUT2D eigenvalue weighted by Gasteiger charge is -2.09. The molecule has 0 N–H and O–H groups in total. The molecule has 88 valence electrons. The molecule has 0 aliphatic carbocycles. The molecule has 2 aromatic rings. The highest BCUT2D eigenvalue weighted by Crippen LogP contribution is 2.28. The maximum Gasteiger partial charge on any atom is 0.166 e. The van der Waals surface area contributed by atoms with Gasteiger partial charge in [-0.25, -0.2) is 4.39 Å². The molecule has 0 fully saturated rings. The number of rotatable bonds is 3. The fraction of sp³-hybridized carbons (Fsp3) is 0.0769. The molecule has 0 aromatic heterocycles. The van der Waals surface area contributed by atoms with Crippen molar-refractivity contribution < 1.29 is 9.13 Å². The largest absolute Gasteiger partial charge is 0.453 e. The average Bonchev–Trinajstić information content (AvgIpc) is 2.34. The summed E-state index contributed by atoms with van der Waals surface area (Å²) in [5, 5.41) is 0. The Labute approximate surface area is 118 Å². The molecular formula is C13H9ClFIO. The second-order valence-corrected chi connectivity index (χ2v) is 4.86. The third-order valence-corrected chi connectivity index (χ3v) is 3.41. The summed E-state index contributed by atoms with van der Waals surface area (Å²) < 4.78 is 20.1. The van der Waals surface area contributed by atoms with E-state index in [1.165, 1.54) is 6.07 Å². The summed E-state index contributed by atoms with van der Waals surface area (Å²) in [6.45, 7) is 0. The number of hydrogen-bond donors (Lipinski definition) is 0. The van der Waals surface area contributed by atoms with E-state index < -0.39 is 5.82 Å². The summed E-state index contributed by atoms with van der Waals surface area (Å²) in [6, 6.07) is 12.2. The van der Waals surface area contributed by atoms with Gasteiger partial charge in [0.05, 0.1) is 3.57 Å². The minimum atomic E-state index is -0.400. The monoisotopic (exact) mass is 362 g/mol. The first kappa shape index (κ1) is 12.6. The van der Waals surface area contributed by atoms with Crippen molar-refractivity contribution in [2.75, 3.05) is 0 Å². The number of alkyl halides is 1. The molecule has 0 bridgehead atoms. The summed E-state index contributed by atoms with van der Waals surface area (Å²) in [5.41, 5.74) is 0.735. The highest BCUT2D eigenvalue weighted by Gasteiger charge is 2.07. The van der Waals surface area contributed by atoms with Crippen LogP contribution in [0, 0.1) is 9.39 Å². The van der Waals surface area contributed by atoms with Crippen molar-refractivity contribution >= 4 is 34.2 Å². The lowest BCUT2D eigenvalue weighted by molar-refractivity contribution is 0.439. The molecule has 0 aliphatic heterocycles. The second-order valence-electron chi connectivity index (χ2n) is 3.43. The lowest BCUT2D eigenvalue weighted by atomic mass is 10.2. The van der Waals surface area contributed by atoms with Crippen LogP contribution in [0.3, 0.4) is 0 Å². The smallest absolute Gasteiger partial charge is 0.166 e. The van der Waals surface area contributed by atoms with E-state index in [4.69, 9.17) is 16.3 Å². The van der Waals surface area contributed by atoms with Crippen LogP contribution in [0.4, 0.5) is 4.39 Å². The van der Waals surface area contributed by atoms with Crippen LogP contribution in [0.15, 0.2) is 42.5 Å². The number of halogens is 3. The van der Waals surface area contributed by atoms with Gasteiger partial charge in [-0.2, -0.15) is 0 Å². The fourth-order valence-electron chi connectivity index (χ4n) is 1.36. The van der Waals surface area contributed by atoms with Crippen LogP contribution >= 0.6 is 34.2 Å². The zero-order valence-electron chi connectivity index (χ0n) is 8.79. The van der Waals surface area contributed by atoms with E-state index in [1.807, 2.05) is 18.2 Å². The fourth-order valence-corrected chi connectivity index (χ4v) is 2.02. The molecule has 0 saturated heterocycles. The van der Waals surface area contributed by atoms with E-state index >= 15 is 0 Å². The van der Waals surface area contributed by atoms with Gasteiger partial charge in [-0.15, -0.1) is 11.6 Å². The molecule has 2 rings (SSSR count). The van der Waals surface area contributed by atoms with Crippen molar-refractivity contribution in [3.05, 3.63) is 57.4 Å². The van der Waals surface area contributed by atoms with E-state index in [0.717, 1.165) is 9.13 Å². The number of ether oxygens (including phenoxy) is 1. The topological polar surface area (TPSA) is 9.23 Å². The molecule has 1 nitrogen and oxygen atoms in total. The Morgan fingerprint density at radius 3 is 2.53 bits per heavy atom. The predicted octanol–water partition coefficient (Wildman–Crippen LogP) is 4.96. The summed E-state index contributed by atoms with van der Waals surface area (Å²) in [4.78, 5) is 0. The Bertz CT molecular complexity index is 531. The lowest BCUT2D eigenvalue weighted by Crippen LogP contribution is -1.91.